The highest BCUT2D eigenvalue weighted by molar-refractivity contribution is 6.11. The van der Waals surface area contributed by atoms with Crippen LogP contribution < -0.4 is 9.80 Å². The third-order valence-electron chi connectivity index (χ3n) is 17.6. The molecular weight excluding hydrogens is 1140 g/mol. The Labute approximate surface area is 579 Å². The molecule has 0 spiro atoms. The number of benzene rings is 13. The molecule has 0 aliphatic rings. The maximum Gasteiger partial charge on any atom is 0.0645 e. The van der Waals surface area contributed by atoms with Gasteiger partial charge in [0.15, 0.2) is 0 Å². The van der Waals surface area contributed by atoms with E-state index in [-0.39, 0.29) is 67.1 Å². The van der Waals surface area contributed by atoms with E-state index >= 15 is 0 Å². The minimum atomic E-state index is -0.737. The van der Waals surface area contributed by atoms with Gasteiger partial charge in [-0.3, -0.25) is 0 Å². The van der Waals surface area contributed by atoms with Gasteiger partial charge in [0.2, 0.25) is 0 Å². The van der Waals surface area contributed by atoms with Crippen LogP contribution in [0.4, 0.5) is 34.1 Å². The molecule has 0 radical (unpaired) electrons. The SMILES string of the molecule is [2H]c1cc(N(c2cc(N(c3cc([2H])cc(-n4c5c([2H])c([2H])c([2H])c([2H])c5c5c([2H])c([2H])c([2H])c([2H])c54)c3)c3c(-c4ccccc4)cc(C(C)(C)C)cc3-c3ccccc3)cc(C(C)(C)C)c2)c2c(-c3ccccc3)cc(C(C)(C)C)cc2-c2ccccc2)cc(-n2c3c([2H])c([2H])c([2H])c([2H])c3c3c([2H])c([2H])c([2H])c([2H])c32)c1. The zero-order chi connectivity index (χ0) is 80.1. The van der Waals surface area contributed by atoms with E-state index < -0.39 is 113 Å². The fourth-order valence-electron chi connectivity index (χ4n) is 12.8. The summed E-state index contributed by atoms with van der Waals surface area (Å²) in [4.78, 5) is 4.16. The zero-order valence-electron chi connectivity index (χ0n) is 71.8. The van der Waals surface area contributed by atoms with Gasteiger partial charge >= 0.3 is 0 Å². The molecule has 4 nitrogen and oxygen atoms in total. The van der Waals surface area contributed by atoms with Gasteiger partial charge in [-0.25, -0.2) is 0 Å². The van der Waals surface area contributed by atoms with Crippen LogP contribution in [0.25, 0.3) is 99.5 Å². The lowest BCUT2D eigenvalue weighted by molar-refractivity contribution is 0.590. The lowest BCUT2D eigenvalue weighted by Crippen LogP contribution is -2.20. The van der Waals surface area contributed by atoms with E-state index in [0.717, 1.165) is 61.2 Å². The van der Waals surface area contributed by atoms with Crippen LogP contribution in [-0.2, 0) is 16.2 Å². The first-order valence-electron chi connectivity index (χ1n) is 40.6. The summed E-state index contributed by atoms with van der Waals surface area (Å²) in [5, 5.41) is -0.529. The molecule has 94 heavy (non-hydrogen) atoms. The van der Waals surface area contributed by atoms with Crippen molar-refractivity contribution in [2.75, 3.05) is 9.80 Å². The summed E-state index contributed by atoms with van der Waals surface area (Å²) >= 11 is 0. The Morgan fingerprint density at radius 3 is 0.809 bits per heavy atom. The molecule has 15 rings (SSSR count). The van der Waals surface area contributed by atoms with Gasteiger partial charge < -0.3 is 18.9 Å². The van der Waals surface area contributed by atoms with Gasteiger partial charge in [0.1, 0.15) is 0 Å². The predicted molar refractivity (Wildman–Crippen MR) is 402 cm³/mol. The molecule has 0 aliphatic carbocycles. The zero-order valence-corrected chi connectivity index (χ0v) is 53.8. The van der Waals surface area contributed by atoms with Crippen molar-refractivity contribution in [3.63, 3.8) is 0 Å². The van der Waals surface area contributed by atoms with Crippen molar-refractivity contribution in [2.45, 2.75) is 78.6 Å². The van der Waals surface area contributed by atoms with Crippen LogP contribution in [0.2, 0.25) is 0 Å². The molecule has 2 aromatic heterocycles. The van der Waals surface area contributed by atoms with Gasteiger partial charge in [-0.15, -0.1) is 0 Å². The van der Waals surface area contributed by atoms with Gasteiger partial charge in [-0.05, 0) is 158 Å². The minimum absolute atomic E-state index is 0.0876. The summed E-state index contributed by atoms with van der Waals surface area (Å²) in [6.45, 7) is 19.2. The molecule has 0 fully saturated rings. The van der Waals surface area contributed by atoms with Crippen LogP contribution in [0, 0.1) is 0 Å². The van der Waals surface area contributed by atoms with Crippen LogP contribution in [-0.4, -0.2) is 9.13 Å². The quantitative estimate of drug-likeness (QED) is 0.121. The molecule has 13 aromatic carbocycles. The monoisotopic (exact) mass is 1230 g/mol. The molecule has 0 amide bonds. The standard InChI is InChI=1S/C90H78N4/c1-88(2,3)65-52-72(91(68-40-30-42-70(58-68)93-82-48-26-22-44-74(82)75-45-23-27-49-83(75)93)86-78(61-32-14-10-15-33-61)54-66(89(4,5)6)55-79(86)62-34-16-11-17-35-62)60-73(53-65)92(69-41-31-43-71(59-69)94-84-50-28-24-46-76(84)77-47-25-29-51-85(77)94)87-80(63-36-18-12-19-37-63)56-67(90(7,8)9)57-81(87)64-38-20-13-21-39-64/h10-60H,1-9H3/i22D,23D,24D,25D,26D,27D,28D,29D,30D,31D,44D,45D,46D,47D,48D,49D,50D,51D. The Morgan fingerprint density at radius 1 is 0.266 bits per heavy atom. The van der Waals surface area contributed by atoms with Crippen molar-refractivity contribution in [1.82, 2.24) is 9.13 Å². The topological polar surface area (TPSA) is 16.3 Å². The largest absolute Gasteiger partial charge is 0.309 e. The van der Waals surface area contributed by atoms with Crippen LogP contribution in [0.1, 0.15) is 104 Å². The minimum Gasteiger partial charge on any atom is -0.309 e. The number of hydrogen-bond donors (Lipinski definition) is 0. The average molecular weight is 1230 g/mol. The summed E-state index contributed by atoms with van der Waals surface area (Å²) in [6, 6.07) is 55.7. The number of aromatic nitrogens is 2. The fourth-order valence-corrected chi connectivity index (χ4v) is 12.8. The van der Waals surface area contributed by atoms with Crippen molar-refractivity contribution in [1.29, 1.82) is 0 Å². The molecule has 0 unspecified atom stereocenters. The lowest BCUT2D eigenvalue weighted by atomic mass is 9.81. The summed E-state index contributed by atoms with van der Waals surface area (Å²) < 4.78 is 172. The van der Waals surface area contributed by atoms with Gasteiger partial charge in [0, 0.05) is 77.9 Å². The first-order valence-corrected chi connectivity index (χ1v) is 31.6. The second-order valence-corrected chi connectivity index (χ2v) is 26.9. The molecule has 0 atom stereocenters. The van der Waals surface area contributed by atoms with Crippen molar-refractivity contribution < 1.29 is 24.7 Å². The third kappa shape index (κ3) is 10.8. The van der Waals surface area contributed by atoms with Crippen LogP contribution in [0.15, 0.2) is 309 Å². The molecule has 0 N–H and O–H groups in total. The van der Waals surface area contributed by atoms with Gasteiger partial charge in [0.05, 0.1) is 58.1 Å². The van der Waals surface area contributed by atoms with Crippen molar-refractivity contribution in [3.8, 4) is 55.9 Å². The summed E-state index contributed by atoms with van der Waals surface area (Å²) in [6.07, 6.45) is 0. The van der Waals surface area contributed by atoms with Crippen molar-refractivity contribution in [3.05, 3.63) is 326 Å². The maximum atomic E-state index is 10.2. The smallest absolute Gasteiger partial charge is 0.0645 e. The molecule has 15 aromatic rings. The molecule has 0 saturated heterocycles. The van der Waals surface area contributed by atoms with Crippen molar-refractivity contribution >= 4 is 77.7 Å². The van der Waals surface area contributed by atoms with E-state index in [1.165, 1.54) is 21.3 Å². The van der Waals surface area contributed by atoms with E-state index in [1.807, 2.05) is 127 Å². The second kappa shape index (κ2) is 23.6. The highest BCUT2D eigenvalue weighted by Gasteiger charge is 2.32. The Morgan fingerprint density at radius 2 is 0.532 bits per heavy atom. The Balaban J connectivity index is 1.16. The molecule has 458 valence electrons. The summed E-state index contributed by atoms with van der Waals surface area (Å²) in [5.41, 5.74) is 10.0. The third-order valence-corrected chi connectivity index (χ3v) is 17.6. The van der Waals surface area contributed by atoms with Crippen LogP contribution in [0.5, 0.6) is 0 Å². The molecule has 2 heterocycles. The van der Waals surface area contributed by atoms with E-state index in [9.17, 15) is 13.7 Å². The van der Waals surface area contributed by atoms with Gasteiger partial charge in [-0.1, -0.05) is 268 Å². The highest BCUT2D eigenvalue weighted by atomic mass is 15.2. The first kappa shape index (κ1) is 42.2. The van der Waals surface area contributed by atoms with Gasteiger partial charge in [-0.2, -0.15) is 0 Å². The maximum absolute atomic E-state index is 10.2. The number of hydrogen-bond acceptors (Lipinski definition) is 2. The summed E-state index contributed by atoms with van der Waals surface area (Å²) in [5.74, 6) is 0. The van der Waals surface area contributed by atoms with E-state index in [2.05, 4.69) is 109 Å². The van der Waals surface area contributed by atoms with E-state index in [1.54, 1.807) is 24.3 Å². The second-order valence-electron chi connectivity index (χ2n) is 26.9. The van der Waals surface area contributed by atoms with Crippen LogP contribution in [0.3, 0.4) is 0 Å². The molecule has 0 aliphatic heterocycles. The Kier molecular flexibility index (Phi) is 10.6. The fraction of sp³-hybridized carbons (Fsp3) is 0.133. The van der Waals surface area contributed by atoms with Crippen molar-refractivity contribution in [2.24, 2.45) is 0 Å². The van der Waals surface area contributed by atoms with Gasteiger partial charge in [0.25, 0.3) is 0 Å². The van der Waals surface area contributed by atoms with Crippen LogP contribution >= 0.6 is 0 Å². The van der Waals surface area contributed by atoms with E-state index in [0.29, 0.717) is 34.1 Å². The summed E-state index contributed by atoms with van der Waals surface area (Å²) in [7, 11) is 0. The average Bonchev–Trinajstić information content (AvgIpc) is 1.49. The molecule has 0 saturated carbocycles. The Bertz CT molecular complexity index is 5760. The highest BCUT2D eigenvalue weighted by Crippen LogP contribution is 2.54. The number of anilines is 6. The number of rotatable bonds is 12. The lowest BCUT2D eigenvalue weighted by Gasteiger charge is -2.36. The predicted octanol–water partition coefficient (Wildman–Crippen LogP) is 25.4. The first-order chi connectivity index (χ1) is 53.0. The molecule has 0 bridgehead atoms. The normalized spacial score (nSPS) is 14.8. The molecule has 4 heteroatoms. The Hall–Kier alpha value is -10.9. The number of para-hydroxylation sites is 4. The van der Waals surface area contributed by atoms with E-state index in [4.69, 9.17) is 11.0 Å². The number of fused-ring (bicyclic) bond motifs is 6. The molecular formula is C90H78N4. The number of nitrogens with zero attached hydrogens (tertiary/aromatic N) is 4.